The lowest BCUT2D eigenvalue weighted by molar-refractivity contribution is -0.127. The molecule has 4 rings (SSSR count). The third-order valence-electron chi connectivity index (χ3n) is 7.51. The van der Waals surface area contributed by atoms with Gasteiger partial charge < -0.3 is 29.7 Å². The van der Waals surface area contributed by atoms with Crippen LogP contribution in [-0.4, -0.2) is 69.1 Å². The van der Waals surface area contributed by atoms with Gasteiger partial charge in [0.2, 0.25) is 11.7 Å². The molecular weight excluding hydrogens is 486 g/mol. The van der Waals surface area contributed by atoms with Gasteiger partial charge in [-0.05, 0) is 49.9 Å². The maximum Gasteiger partial charge on any atom is 0.254 e. The van der Waals surface area contributed by atoms with Crippen LogP contribution in [0.4, 0.5) is 0 Å². The van der Waals surface area contributed by atoms with E-state index in [4.69, 9.17) is 14.2 Å². The summed E-state index contributed by atoms with van der Waals surface area (Å²) in [6.07, 6.45) is 4.87. The zero-order valence-corrected chi connectivity index (χ0v) is 22.3. The van der Waals surface area contributed by atoms with Crippen LogP contribution in [0.2, 0.25) is 0 Å². The Bertz CT molecular complexity index is 1110. The van der Waals surface area contributed by atoms with E-state index < -0.39 is 0 Å². The minimum atomic E-state index is -0.175. The maximum atomic E-state index is 13.2. The topological polar surface area (TPSA) is 106 Å². The highest BCUT2D eigenvalue weighted by molar-refractivity contribution is 5.96. The average molecular weight is 524 g/mol. The molecular formula is C29H37N3O6. The molecule has 0 spiro atoms. The van der Waals surface area contributed by atoms with Crippen LogP contribution in [0.1, 0.15) is 59.2 Å². The van der Waals surface area contributed by atoms with Gasteiger partial charge in [-0.2, -0.15) is 0 Å². The quantitative estimate of drug-likeness (QED) is 0.549. The third kappa shape index (κ3) is 6.20. The van der Waals surface area contributed by atoms with E-state index in [9.17, 15) is 14.4 Å². The maximum absolute atomic E-state index is 13.2. The standard InChI is InChI=1S/C29H37N3O6/c1-36-24-17-21(18-25(37-2)26(24)38-3)29(35)32-15-13-20(14-16-32)28(34)31-23-12-8-7-11-22(23)30-27(33)19-9-5-4-6-10-19/h4-6,9-10,17-18,20,22-23H,7-8,11-16H2,1-3H3,(H,30,33)(H,31,34)/t22-,23-/m1/s1. The molecule has 1 saturated heterocycles. The van der Waals surface area contributed by atoms with E-state index in [0.29, 0.717) is 54.3 Å². The molecule has 1 aliphatic carbocycles. The van der Waals surface area contributed by atoms with Gasteiger partial charge in [0.25, 0.3) is 11.8 Å². The molecule has 2 atom stereocenters. The first kappa shape index (κ1) is 27.3. The molecule has 1 heterocycles. The van der Waals surface area contributed by atoms with Crippen molar-refractivity contribution >= 4 is 17.7 Å². The molecule has 0 unspecified atom stereocenters. The Balaban J connectivity index is 1.33. The van der Waals surface area contributed by atoms with E-state index in [1.807, 2.05) is 18.2 Å². The summed E-state index contributed by atoms with van der Waals surface area (Å²) in [5.74, 6) is 0.844. The second-order valence-corrected chi connectivity index (χ2v) is 9.83. The summed E-state index contributed by atoms with van der Waals surface area (Å²) in [6.45, 7) is 0.957. The molecule has 1 aliphatic heterocycles. The molecule has 9 nitrogen and oxygen atoms in total. The lowest BCUT2D eigenvalue weighted by Crippen LogP contribution is -2.55. The Labute approximate surface area is 223 Å². The number of ether oxygens (including phenoxy) is 3. The van der Waals surface area contributed by atoms with Crippen molar-refractivity contribution in [3.05, 3.63) is 53.6 Å². The molecule has 9 heteroatoms. The molecule has 1 saturated carbocycles. The van der Waals surface area contributed by atoms with E-state index in [2.05, 4.69) is 10.6 Å². The number of benzene rings is 2. The predicted molar refractivity (Wildman–Crippen MR) is 143 cm³/mol. The van der Waals surface area contributed by atoms with Crippen LogP contribution in [0.3, 0.4) is 0 Å². The normalized spacial score (nSPS) is 19.8. The monoisotopic (exact) mass is 523 g/mol. The van der Waals surface area contributed by atoms with Gasteiger partial charge >= 0.3 is 0 Å². The van der Waals surface area contributed by atoms with Gasteiger partial charge in [0.1, 0.15) is 0 Å². The number of piperidine rings is 1. The fraction of sp³-hybridized carbons (Fsp3) is 0.483. The first-order chi connectivity index (χ1) is 18.4. The fourth-order valence-corrected chi connectivity index (χ4v) is 5.35. The summed E-state index contributed by atoms with van der Waals surface area (Å²) in [5, 5.41) is 6.33. The summed E-state index contributed by atoms with van der Waals surface area (Å²) >= 11 is 0. The lowest BCUT2D eigenvalue weighted by atomic mass is 9.88. The number of carbonyl (C=O) groups is 3. The molecule has 2 aromatic rings. The van der Waals surface area contributed by atoms with Crippen LogP contribution < -0.4 is 24.8 Å². The second-order valence-electron chi connectivity index (χ2n) is 9.83. The fourth-order valence-electron chi connectivity index (χ4n) is 5.35. The molecule has 38 heavy (non-hydrogen) atoms. The van der Waals surface area contributed by atoms with Gasteiger partial charge in [-0.3, -0.25) is 14.4 Å². The van der Waals surface area contributed by atoms with Gasteiger partial charge in [-0.1, -0.05) is 31.0 Å². The Morgan fingerprint density at radius 1 is 0.763 bits per heavy atom. The molecule has 0 aromatic heterocycles. The summed E-state index contributed by atoms with van der Waals surface area (Å²) in [7, 11) is 4.55. The lowest BCUT2D eigenvalue weighted by Gasteiger charge is -2.36. The van der Waals surface area contributed by atoms with Crippen LogP contribution in [0, 0.1) is 5.92 Å². The number of nitrogens with zero attached hydrogens (tertiary/aromatic N) is 1. The van der Waals surface area contributed by atoms with Gasteiger partial charge in [0, 0.05) is 42.2 Å². The van der Waals surface area contributed by atoms with E-state index in [1.54, 1.807) is 29.2 Å². The van der Waals surface area contributed by atoms with Gasteiger partial charge in [0.15, 0.2) is 11.5 Å². The second kappa shape index (κ2) is 12.7. The minimum absolute atomic E-state index is 0.00394. The largest absolute Gasteiger partial charge is 0.493 e. The number of hydrogen-bond acceptors (Lipinski definition) is 6. The first-order valence-electron chi connectivity index (χ1n) is 13.2. The van der Waals surface area contributed by atoms with E-state index >= 15 is 0 Å². The van der Waals surface area contributed by atoms with Crippen LogP contribution in [0.25, 0.3) is 0 Å². The molecule has 0 bridgehead atoms. The number of rotatable bonds is 8. The Morgan fingerprint density at radius 2 is 1.34 bits per heavy atom. The van der Waals surface area contributed by atoms with Gasteiger partial charge in [-0.25, -0.2) is 0 Å². The van der Waals surface area contributed by atoms with Crippen LogP contribution >= 0.6 is 0 Å². The highest BCUT2D eigenvalue weighted by Gasteiger charge is 2.33. The number of methoxy groups -OCH3 is 3. The first-order valence-corrected chi connectivity index (χ1v) is 13.2. The third-order valence-corrected chi connectivity index (χ3v) is 7.51. The summed E-state index contributed by atoms with van der Waals surface area (Å²) in [6, 6.07) is 12.2. The van der Waals surface area contributed by atoms with Crippen molar-refractivity contribution in [2.45, 2.75) is 50.6 Å². The van der Waals surface area contributed by atoms with E-state index in [-0.39, 0.29) is 35.7 Å². The summed E-state index contributed by atoms with van der Waals surface area (Å²) < 4.78 is 16.1. The summed E-state index contributed by atoms with van der Waals surface area (Å²) in [5.41, 5.74) is 1.06. The SMILES string of the molecule is COc1cc(C(=O)N2CCC(C(=O)N[C@@H]3CCCC[C@H]3NC(=O)c3ccccc3)CC2)cc(OC)c1OC. The van der Waals surface area contributed by atoms with Crippen molar-refractivity contribution in [3.8, 4) is 17.2 Å². The van der Waals surface area contributed by atoms with Crippen LogP contribution in [0.15, 0.2) is 42.5 Å². The van der Waals surface area contributed by atoms with E-state index in [0.717, 1.165) is 25.7 Å². The molecule has 2 N–H and O–H groups in total. The van der Waals surface area contributed by atoms with Crippen LogP contribution in [-0.2, 0) is 4.79 Å². The Morgan fingerprint density at radius 3 is 1.89 bits per heavy atom. The van der Waals surface area contributed by atoms with Crippen molar-refractivity contribution < 1.29 is 28.6 Å². The molecule has 2 aliphatic rings. The van der Waals surface area contributed by atoms with Crippen molar-refractivity contribution in [2.24, 2.45) is 5.92 Å². The Hall–Kier alpha value is -3.75. The summed E-state index contributed by atoms with van der Waals surface area (Å²) in [4.78, 5) is 40.9. The average Bonchev–Trinajstić information content (AvgIpc) is 2.97. The Kier molecular flexibility index (Phi) is 9.10. The molecule has 2 aromatic carbocycles. The molecule has 204 valence electrons. The number of amides is 3. The number of likely N-dealkylation sites (tertiary alicyclic amines) is 1. The molecule has 0 radical (unpaired) electrons. The zero-order chi connectivity index (χ0) is 27.1. The highest BCUT2D eigenvalue weighted by Crippen LogP contribution is 2.38. The smallest absolute Gasteiger partial charge is 0.254 e. The molecule has 3 amide bonds. The number of hydrogen-bond donors (Lipinski definition) is 2. The zero-order valence-electron chi connectivity index (χ0n) is 22.3. The predicted octanol–water partition coefficient (Wildman–Crippen LogP) is 3.42. The highest BCUT2D eigenvalue weighted by atomic mass is 16.5. The number of nitrogens with one attached hydrogen (secondary N) is 2. The molecule has 2 fully saturated rings. The van der Waals surface area contributed by atoms with Gasteiger partial charge in [0.05, 0.1) is 21.3 Å². The van der Waals surface area contributed by atoms with Crippen LogP contribution in [0.5, 0.6) is 17.2 Å². The van der Waals surface area contributed by atoms with Crippen molar-refractivity contribution in [1.82, 2.24) is 15.5 Å². The van der Waals surface area contributed by atoms with Crippen molar-refractivity contribution in [2.75, 3.05) is 34.4 Å². The number of carbonyl (C=O) groups excluding carboxylic acids is 3. The van der Waals surface area contributed by atoms with Gasteiger partial charge in [-0.15, -0.1) is 0 Å². The van der Waals surface area contributed by atoms with E-state index in [1.165, 1.54) is 21.3 Å². The minimum Gasteiger partial charge on any atom is -0.493 e. The van der Waals surface area contributed by atoms with Crippen molar-refractivity contribution in [1.29, 1.82) is 0 Å². The van der Waals surface area contributed by atoms with Crippen molar-refractivity contribution in [3.63, 3.8) is 0 Å².